The lowest BCUT2D eigenvalue weighted by Crippen LogP contribution is -2.08. The van der Waals surface area contributed by atoms with Crippen LogP contribution in [-0.2, 0) is 4.79 Å². The Labute approximate surface area is 122 Å². The van der Waals surface area contributed by atoms with E-state index in [9.17, 15) is 9.59 Å². The maximum absolute atomic E-state index is 12.4. The molecule has 1 N–H and O–H groups in total. The highest BCUT2D eigenvalue weighted by Gasteiger charge is 2.16. The van der Waals surface area contributed by atoms with Crippen molar-refractivity contribution in [2.24, 2.45) is 4.99 Å². The Hall–Kier alpha value is -2.84. The summed E-state index contributed by atoms with van der Waals surface area (Å²) in [4.78, 5) is 27.4. The van der Waals surface area contributed by atoms with Crippen LogP contribution in [0.2, 0.25) is 0 Å². The molecule has 21 heavy (non-hydrogen) atoms. The maximum atomic E-state index is 12.4. The summed E-state index contributed by atoms with van der Waals surface area (Å²) < 4.78 is 0. The van der Waals surface area contributed by atoms with Gasteiger partial charge in [0.15, 0.2) is 5.78 Å². The molecule has 0 aliphatic rings. The van der Waals surface area contributed by atoms with Gasteiger partial charge in [-0.25, -0.2) is 5.41 Å². The summed E-state index contributed by atoms with van der Waals surface area (Å²) in [5, 5.41) is 6.72. The first kappa shape index (κ1) is 14.6. The van der Waals surface area contributed by atoms with E-state index in [0.29, 0.717) is 16.7 Å². The standard InChI is InChI=1S/C17H14N2O2/c1-12(17(21)19-11-18)14-8-5-9-15(10-14)16(20)13-6-3-2-4-7-13/h2-10,12,18H,1H3. The molecule has 0 radical (unpaired) electrons. The van der Waals surface area contributed by atoms with Gasteiger partial charge in [-0.3, -0.25) is 9.59 Å². The van der Waals surface area contributed by atoms with E-state index in [1.165, 1.54) is 0 Å². The van der Waals surface area contributed by atoms with E-state index >= 15 is 0 Å². The molecule has 2 aromatic rings. The lowest BCUT2D eigenvalue weighted by Gasteiger charge is -2.09. The van der Waals surface area contributed by atoms with Gasteiger partial charge in [0.25, 0.3) is 5.91 Å². The number of rotatable bonds is 4. The second kappa shape index (κ2) is 6.55. The van der Waals surface area contributed by atoms with E-state index in [-0.39, 0.29) is 5.78 Å². The van der Waals surface area contributed by atoms with Gasteiger partial charge in [0.05, 0.1) is 11.9 Å². The minimum Gasteiger partial charge on any atom is -0.289 e. The summed E-state index contributed by atoms with van der Waals surface area (Å²) in [7, 11) is 0. The van der Waals surface area contributed by atoms with Gasteiger partial charge in [0.2, 0.25) is 0 Å². The van der Waals surface area contributed by atoms with Crippen molar-refractivity contribution in [3.8, 4) is 0 Å². The van der Waals surface area contributed by atoms with Gasteiger partial charge < -0.3 is 0 Å². The third kappa shape index (κ3) is 3.38. The number of carbonyl (C=O) groups is 2. The fourth-order valence-corrected chi connectivity index (χ4v) is 2.00. The SMILES string of the molecule is CC(C(=O)N=C=N)c1cccc(C(=O)c2ccccc2)c1. The van der Waals surface area contributed by atoms with Gasteiger partial charge in [0.1, 0.15) is 0 Å². The number of benzene rings is 2. The van der Waals surface area contributed by atoms with E-state index in [1.807, 2.05) is 18.2 Å². The fourth-order valence-electron chi connectivity index (χ4n) is 2.00. The molecule has 104 valence electrons. The van der Waals surface area contributed by atoms with Gasteiger partial charge in [-0.05, 0) is 18.6 Å². The molecule has 0 saturated heterocycles. The number of nitrogens with one attached hydrogen (secondary N) is 1. The van der Waals surface area contributed by atoms with Crippen LogP contribution in [0.25, 0.3) is 0 Å². The zero-order chi connectivity index (χ0) is 15.2. The summed E-state index contributed by atoms with van der Waals surface area (Å²) in [6.45, 7) is 1.69. The molecule has 0 aliphatic heterocycles. The zero-order valence-electron chi connectivity index (χ0n) is 11.5. The van der Waals surface area contributed by atoms with Crippen molar-refractivity contribution in [1.29, 1.82) is 5.41 Å². The van der Waals surface area contributed by atoms with Crippen LogP contribution in [0.3, 0.4) is 0 Å². The van der Waals surface area contributed by atoms with Crippen LogP contribution < -0.4 is 0 Å². The van der Waals surface area contributed by atoms with Crippen LogP contribution in [0.15, 0.2) is 59.6 Å². The molecule has 0 fully saturated rings. The first-order chi connectivity index (χ1) is 10.1. The van der Waals surface area contributed by atoms with Gasteiger partial charge in [0, 0.05) is 11.1 Å². The van der Waals surface area contributed by atoms with E-state index in [1.54, 1.807) is 49.3 Å². The second-order valence-electron chi connectivity index (χ2n) is 4.60. The van der Waals surface area contributed by atoms with Crippen LogP contribution in [-0.4, -0.2) is 17.7 Å². The monoisotopic (exact) mass is 278 g/mol. The highest BCUT2D eigenvalue weighted by Crippen LogP contribution is 2.19. The molecule has 4 heteroatoms. The number of carbonyl (C=O) groups excluding carboxylic acids is 2. The zero-order valence-corrected chi connectivity index (χ0v) is 11.5. The molecule has 0 heterocycles. The minimum absolute atomic E-state index is 0.0901. The minimum atomic E-state index is -0.508. The molecule has 0 aliphatic carbocycles. The van der Waals surface area contributed by atoms with Crippen LogP contribution in [0.4, 0.5) is 0 Å². The molecule has 0 aromatic heterocycles. The third-order valence-electron chi connectivity index (χ3n) is 3.22. The molecule has 2 aromatic carbocycles. The van der Waals surface area contributed by atoms with Crippen LogP contribution >= 0.6 is 0 Å². The molecule has 0 saturated carbocycles. The van der Waals surface area contributed by atoms with Crippen molar-refractivity contribution in [3.63, 3.8) is 0 Å². The number of hydrogen-bond donors (Lipinski definition) is 1. The Morgan fingerprint density at radius 1 is 1.05 bits per heavy atom. The first-order valence-corrected chi connectivity index (χ1v) is 6.49. The fraction of sp³-hybridized carbons (Fsp3) is 0.118. The molecular formula is C17H14N2O2. The van der Waals surface area contributed by atoms with Crippen molar-refractivity contribution in [1.82, 2.24) is 0 Å². The Kier molecular flexibility index (Phi) is 4.54. The first-order valence-electron chi connectivity index (χ1n) is 6.49. The summed E-state index contributed by atoms with van der Waals surface area (Å²) in [6, 6.07) is 17.6. The summed E-state index contributed by atoms with van der Waals surface area (Å²) in [5.41, 5.74) is 1.82. The van der Waals surface area contributed by atoms with Gasteiger partial charge in [-0.15, -0.1) is 4.99 Å². The highest BCUT2D eigenvalue weighted by atomic mass is 16.1. The number of ketones is 1. The number of aliphatic imine (C=N–C) groups is 1. The van der Waals surface area contributed by atoms with E-state index in [0.717, 1.165) is 0 Å². The second-order valence-corrected chi connectivity index (χ2v) is 4.60. The van der Waals surface area contributed by atoms with Gasteiger partial charge >= 0.3 is 0 Å². The molecule has 2 rings (SSSR count). The Morgan fingerprint density at radius 3 is 2.38 bits per heavy atom. The number of hydrogen-bond acceptors (Lipinski definition) is 3. The van der Waals surface area contributed by atoms with Gasteiger partial charge in [-0.1, -0.05) is 48.5 Å². The highest BCUT2D eigenvalue weighted by molar-refractivity contribution is 6.09. The van der Waals surface area contributed by atoms with E-state index in [4.69, 9.17) is 5.41 Å². The summed E-state index contributed by atoms with van der Waals surface area (Å²) in [6.07, 6.45) is 0. The molecular weight excluding hydrogens is 264 g/mol. The molecule has 1 atom stereocenters. The van der Waals surface area contributed by atoms with E-state index in [2.05, 4.69) is 4.99 Å². The number of nitrogens with zero attached hydrogens (tertiary/aromatic N) is 1. The Morgan fingerprint density at radius 2 is 1.71 bits per heavy atom. The lowest BCUT2D eigenvalue weighted by atomic mass is 9.95. The summed E-state index contributed by atoms with van der Waals surface area (Å²) in [5.74, 6) is -1.05. The largest absolute Gasteiger partial charge is 0.289 e. The summed E-state index contributed by atoms with van der Waals surface area (Å²) >= 11 is 0. The topological polar surface area (TPSA) is 70.3 Å². The average Bonchev–Trinajstić information content (AvgIpc) is 2.54. The van der Waals surface area contributed by atoms with Crippen molar-refractivity contribution in [3.05, 3.63) is 71.3 Å². The van der Waals surface area contributed by atoms with Crippen LogP contribution in [0, 0.1) is 5.41 Å². The Balaban J connectivity index is 2.32. The molecule has 1 amide bonds. The Bertz CT molecular complexity index is 717. The predicted octanol–water partition coefficient (Wildman–Crippen LogP) is 3.30. The van der Waals surface area contributed by atoms with E-state index < -0.39 is 11.8 Å². The van der Waals surface area contributed by atoms with Crippen LogP contribution in [0.1, 0.15) is 34.3 Å². The smallest absolute Gasteiger partial charge is 0.262 e. The molecule has 0 spiro atoms. The maximum Gasteiger partial charge on any atom is 0.262 e. The van der Waals surface area contributed by atoms with Crippen molar-refractivity contribution in [2.45, 2.75) is 12.8 Å². The lowest BCUT2D eigenvalue weighted by molar-refractivity contribution is -0.118. The third-order valence-corrected chi connectivity index (χ3v) is 3.22. The number of amides is 1. The normalized spacial score (nSPS) is 11.3. The molecule has 0 bridgehead atoms. The quantitative estimate of drug-likeness (QED) is 0.688. The molecule has 1 unspecified atom stereocenters. The van der Waals surface area contributed by atoms with Gasteiger partial charge in [-0.2, -0.15) is 0 Å². The molecule has 4 nitrogen and oxygen atoms in total. The van der Waals surface area contributed by atoms with Crippen molar-refractivity contribution in [2.75, 3.05) is 0 Å². The van der Waals surface area contributed by atoms with Crippen molar-refractivity contribution < 1.29 is 9.59 Å². The van der Waals surface area contributed by atoms with Crippen molar-refractivity contribution >= 4 is 17.7 Å². The predicted molar refractivity (Wildman–Crippen MR) is 79.9 cm³/mol. The average molecular weight is 278 g/mol. The van der Waals surface area contributed by atoms with Crippen LogP contribution in [0.5, 0.6) is 0 Å².